The third-order valence-electron chi connectivity index (χ3n) is 6.37. The highest BCUT2D eigenvalue weighted by Crippen LogP contribution is 2.27. The van der Waals surface area contributed by atoms with Crippen LogP contribution in [-0.4, -0.2) is 41.0 Å². The van der Waals surface area contributed by atoms with E-state index in [0.29, 0.717) is 24.5 Å². The molecule has 0 saturated carbocycles. The van der Waals surface area contributed by atoms with Crippen LogP contribution < -0.4 is 5.32 Å². The largest absolute Gasteiger partial charge is 0.367 e. The average Bonchev–Trinajstić information content (AvgIpc) is 3.53. The molecule has 0 spiro atoms. The van der Waals surface area contributed by atoms with E-state index < -0.39 is 0 Å². The van der Waals surface area contributed by atoms with Gasteiger partial charge in [-0.2, -0.15) is 0 Å². The Hall–Kier alpha value is -3.97. The van der Waals surface area contributed by atoms with Crippen molar-refractivity contribution in [2.24, 2.45) is 0 Å². The predicted molar refractivity (Wildman–Crippen MR) is 137 cm³/mol. The Morgan fingerprint density at radius 3 is 2.44 bits per heavy atom. The van der Waals surface area contributed by atoms with Crippen molar-refractivity contribution in [2.45, 2.75) is 26.0 Å². The van der Waals surface area contributed by atoms with Crippen molar-refractivity contribution in [3.05, 3.63) is 102 Å². The van der Waals surface area contributed by atoms with Gasteiger partial charge in [0, 0.05) is 36.2 Å². The Morgan fingerprint density at radius 1 is 0.889 bits per heavy atom. The zero-order valence-electron chi connectivity index (χ0n) is 20.0. The Labute approximate surface area is 209 Å². The first kappa shape index (κ1) is 23.8. The van der Waals surface area contributed by atoms with Crippen LogP contribution in [0.25, 0.3) is 10.9 Å². The lowest BCUT2D eigenvalue weighted by atomic mass is 10.2. The summed E-state index contributed by atoms with van der Waals surface area (Å²) in [7, 11) is 0. The lowest BCUT2D eigenvalue weighted by Gasteiger charge is -2.17. The SMILES string of the molecule is O=C(COCc1ccccc1)Nc1ccc2c(c1)cc(C(=O)N1CCCC1)n2Cc1cccc(F)c1. The van der Waals surface area contributed by atoms with E-state index in [2.05, 4.69) is 5.32 Å². The molecule has 0 aliphatic carbocycles. The van der Waals surface area contributed by atoms with Crippen molar-refractivity contribution in [3.8, 4) is 0 Å². The molecule has 2 heterocycles. The molecule has 36 heavy (non-hydrogen) atoms. The summed E-state index contributed by atoms with van der Waals surface area (Å²) in [5.74, 6) is -0.589. The topological polar surface area (TPSA) is 63.6 Å². The Kier molecular flexibility index (Phi) is 7.09. The lowest BCUT2D eigenvalue weighted by molar-refractivity contribution is -0.121. The van der Waals surface area contributed by atoms with Gasteiger partial charge in [0.05, 0.1) is 6.61 Å². The molecule has 3 aromatic carbocycles. The summed E-state index contributed by atoms with van der Waals surface area (Å²) in [4.78, 5) is 27.6. The van der Waals surface area contributed by atoms with Crippen LogP contribution in [0.1, 0.15) is 34.5 Å². The molecule has 7 heteroatoms. The third-order valence-corrected chi connectivity index (χ3v) is 6.37. The van der Waals surface area contributed by atoms with Crippen LogP contribution in [0.2, 0.25) is 0 Å². The van der Waals surface area contributed by atoms with Crippen molar-refractivity contribution >= 4 is 28.4 Å². The molecule has 0 unspecified atom stereocenters. The summed E-state index contributed by atoms with van der Waals surface area (Å²) in [6.07, 6.45) is 2.00. The normalized spacial score (nSPS) is 13.3. The van der Waals surface area contributed by atoms with Crippen LogP contribution in [0.5, 0.6) is 0 Å². The Balaban J connectivity index is 1.36. The molecule has 0 radical (unpaired) electrons. The van der Waals surface area contributed by atoms with Crippen LogP contribution in [0, 0.1) is 5.82 Å². The Morgan fingerprint density at radius 2 is 1.67 bits per heavy atom. The van der Waals surface area contributed by atoms with Gasteiger partial charge in [0.2, 0.25) is 5.91 Å². The van der Waals surface area contributed by atoms with Gasteiger partial charge in [0.15, 0.2) is 0 Å². The van der Waals surface area contributed by atoms with E-state index in [4.69, 9.17) is 4.74 Å². The van der Waals surface area contributed by atoms with E-state index in [9.17, 15) is 14.0 Å². The van der Waals surface area contributed by atoms with Crippen molar-refractivity contribution in [1.29, 1.82) is 0 Å². The number of carbonyl (C=O) groups excluding carboxylic acids is 2. The number of anilines is 1. The average molecular weight is 486 g/mol. The minimum Gasteiger partial charge on any atom is -0.367 e. The Bertz CT molecular complexity index is 1380. The highest BCUT2D eigenvalue weighted by atomic mass is 19.1. The maximum Gasteiger partial charge on any atom is 0.270 e. The number of amides is 2. The quantitative estimate of drug-likeness (QED) is 0.372. The van der Waals surface area contributed by atoms with Crippen LogP contribution in [0.4, 0.5) is 10.1 Å². The monoisotopic (exact) mass is 485 g/mol. The second-order valence-electron chi connectivity index (χ2n) is 9.05. The second-order valence-corrected chi connectivity index (χ2v) is 9.05. The van der Waals surface area contributed by atoms with Crippen LogP contribution in [0.3, 0.4) is 0 Å². The van der Waals surface area contributed by atoms with Gasteiger partial charge in [-0.3, -0.25) is 9.59 Å². The minimum atomic E-state index is -0.309. The molecular formula is C29H28FN3O3. The maximum absolute atomic E-state index is 13.8. The summed E-state index contributed by atoms with van der Waals surface area (Å²) in [5, 5.41) is 3.70. The molecule has 1 fully saturated rings. The number of likely N-dealkylation sites (tertiary alicyclic amines) is 1. The highest BCUT2D eigenvalue weighted by molar-refractivity contribution is 6.01. The lowest BCUT2D eigenvalue weighted by Crippen LogP contribution is -2.29. The number of nitrogens with zero attached hydrogens (tertiary/aromatic N) is 2. The minimum absolute atomic E-state index is 0.0278. The van der Waals surface area contributed by atoms with Crippen molar-refractivity contribution < 1.29 is 18.7 Å². The fourth-order valence-corrected chi connectivity index (χ4v) is 4.63. The summed E-state index contributed by atoms with van der Waals surface area (Å²) < 4.78 is 21.3. The number of aromatic nitrogens is 1. The molecule has 4 aromatic rings. The van der Waals surface area contributed by atoms with E-state index in [1.54, 1.807) is 6.07 Å². The van der Waals surface area contributed by atoms with E-state index in [-0.39, 0.29) is 24.2 Å². The standard InChI is InChI=1S/C29H28FN3O3/c30-24-10-6-9-22(15-24)18-33-26-12-11-25(31-28(34)20-36-19-21-7-2-1-3-8-21)16-23(26)17-27(33)29(35)32-13-4-5-14-32/h1-3,6-12,15-17H,4-5,13-14,18-20H2,(H,31,34). The van der Waals surface area contributed by atoms with Gasteiger partial charge in [0.25, 0.3) is 5.91 Å². The number of hydrogen-bond acceptors (Lipinski definition) is 3. The van der Waals surface area contributed by atoms with Crippen molar-refractivity contribution in [3.63, 3.8) is 0 Å². The van der Waals surface area contributed by atoms with E-state index in [1.807, 2.05) is 70.1 Å². The van der Waals surface area contributed by atoms with Gasteiger partial charge in [-0.05, 0) is 60.4 Å². The molecule has 0 atom stereocenters. The molecule has 1 saturated heterocycles. The fourth-order valence-electron chi connectivity index (χ4n) is 4.63. The molecule has 2 amide bonds. The predicted octanol–water partition coefficient (Wildman–Crippen LogP) is 5.22. The summed E-state index contributed by atoms with van der Waals surface area (Å²) in [6, 6.07) is 23.5. The number of ether oxygens (including phenoxy) is 1. The summed E-state index contributed by atoms with van der Waals surface area (Å²) in [5.41, 5.74) is 3.81. The zero-order chi connectivity index (χ0) is 24.9. The number of nitrogens with one attached hydrogen (secondary N) is 1. The number of fused-ring (bicyclic) bond motifs is 1. The summed E-state index contributed by atoms with van der Waals surface area (Å²) in [6.45, 7) is 2.15. The van der Waals surface area contributed by atoms with Gasteiger partial charge in [-0.15, -0.1) is 0 Å². The van der Waals surface area contributed by atoms with E-state index in [0.717, 1.165) is 48.0 Å². The molecule has 1 aliphatic rings. The fraction of sp³-hybridized carbons (Fsp3) is 0.241. The molecule has 5 rings (SSSR count). The molecule has 184 valence electrons. The molecule has 6 nitrogen and oxygen atoms in total. The van der Waals surface area contributed by atoms with Gasteiger partial charge in [-0.25, -0.2) is 4.39 Å². The van der Waals surface area contributed by atoms with Crippen LogP contribution in [-0.2, 0) is 22.7 Å². The van der Waals surface area contributed by atoms with Gasteiger partial charge in [0.1, 0.15) is 18.1 Å². The summed E-state index contributed by atoms with van der Waals surface area (Å²) >= 11 is 0. The van der Waals surface area contributed by atoms with E-state index >= 15 is 0 Å². The van der Waals surface area contributed by atoms with Crippen LogP contribution in [0.15, 0.2) is 78.9 Å². The number of benzene rings is 3. The van der Waals surface area contributed by atoms with Gasteiger partial charge < -0.3 is 19.5 Å². The van der Waals surface area contributed by atoms with Crippen LogP contribution >= 0.6 is 0 Å². The van der Waals surface area contributed by atoms with E-state index in [1.165, 1.54) is 12.1 Å². The highest BCUT2D eigenvalue weighted by Gasteiger charge is 2.24. The first-order valence-electron chi connectivity index (χ1n) is 12.2. The first-order chi connectivity index (χ1) is 17.6. The number of hydrogen-bond donors (Lipinski definition) is 1. The molecule has 0 bridgehead atoms. The number of rotatable bonds is 8. The molecule has 1 N–H and O–H groups in total. The molecule has 1 aromatic heterocycles. The van der Waals surface area contributed by atoms with Gasteiger partial charge in [-0.1, -0.05) is 42.5 Å². The second kappa shape index (κ2) is 10.7. The van der Waals surface area contributed by atoms with Crippen molar-refractivity contribution in [2.75, 3.05) is 25.0 Å². The van der Waals surface area contributed by atoms with Gasteiger partial charge >= 0.3 is 0 Å². The smallest absolute Gasteiger partial charge is 0.270 e. The number of halogens is 1. The zero-order valence-corrected chi connectivity index (χ0v) is 20.0. The first-order valence-corrected chi connectivity index (χ1v) is 12.2. The third kappa shape index (κ3) is 5.47. The van der Waals surface area contributed by atoms with Crippen molar-refractivity contribution in [1.82, 2.24) is 9.47 Å². The molecular weight excluding hydrogens is 457 g/mol. The molecule has 1 aliphatic heterocycles. The number of carbonyl (C=O) groups is 2. The maximum atomic E-state index is 13.8.